The molecule has 1 aliphatic heterocycles. The van der Waals surface area contributed by atoms with E-state index in [0.29, 0.717) is 12.2 Å². The molecule has 2 heterocycles. The Morgan fingerprint density at radius 3 is 2.71 bits per heavy atom. The molecular formula is C14H18N2O. The predicted octanol–water partition coefficient (Wildman–Crippen LogP) is 2.78. The fourth-order valence-electron chi connectivity index (χ4n) is 2.63. The summed E-state index contributed by atoms with van der Waals surface area (Å²) in [5.41, 5.74) is 2.49. The highest BCUT2D eigenvalue weighted by Gasteiger charge is 2.22. The van der Waals surface area contributed by atoms with E-state index in [2.05, 4.69) is 48.0 Å². The van der Waals surface area contributed by atoms with Crippen molar-refractivity contribution in [2.75, 3.05) is 18.0 Å². The summed E-state index contributed by atoms with van der Waals surface area (Å²) < 4.78 is 5.76. The van der Waals surface area contributed by atoms with Gasteiger partial charge in [0.2, 0.25) is 0 Å². The van der Waals surface area contributed by atoms with Crippen LogP contribution in [0.2, 0.25) is 0 Å². The SMILES string of the molecule is CC1CN(c2ccc3[nH]ccc3c2)CC(C)O1. The van der Waals surface area contributed by atoms with Gasteiger partial charge in [0.05, 0.1) is 12.2 Å². The Balaban J connectivity index is 1.91. The minimum atomic E-state index is 0.306. The molecule has 0 bridgehead atoms. The Morgan fingerprint density at radius 2 is 1.94 bits per heavy atom. The number of nitrogens with zero attached hydrogens (tertiary/aromatic N) is 1. The molecule has 0 spiro atoms. The minimum Gasteiger partial charge on any atom is -0.372 e. The maximum absolute atomic E-state index is 5.76. The summed E-state index contributed by atoms with van der Waals surface area (Å²) in [6.07, 6.45) is 2.60. The number of fused-ring (bicyclic) bond motifs is 1. The lowest BCUT2D eigenvalue weighted by Crippen LogP contribution is -2.45. The second kappa shape index (κ2) is 4.08. The summed E-state index contributed by atoms with van der Waals surface area (Å²) in [5, 5.41) is 1.27. The molecule has 3 rings (SSSR count). The van der Waals surface area contributed by atoms with Crippen molar-refractivity contribution < 1.29 is 4.74 Å². The first-order chi connectivity index (χ1) is 8.22. The fraction of sp³-hybridized carbons (Fsp3) is 0.429. The van der Waals surface area contributed by atoms with Crippen LogP contribution in [0.4, 0.5) is 5.69 Å². The Hall–Kier alpha value is -1.48. The average molecular weight is 230 g/mol. The minimum absolute atomic E-state index is 0.306. The Morgan fingerprint density at radius 1 is 1.18 bits per heavy atom. The van der Waals surface area contributed by atoms with E-state index in [1.54, 1.807) is 0 Å². The van der Waals surface area contributed by atoms with Crippen LogP contribution in [0.25, 0.3) is 10.9 Å². The number of benzene rings is 1. The molecule has 2 unspecified atom stereocenters. The van der Waals surface area contributed by atoms with E-state index in [1.807, 2.05) is 6.20 Å². The molecule has 2 atom stereocenters. The Labute approximate surface area is 101 Å². The van der Waals surface area contributed by atoms with Crippen LogP contribution >= 0.6 is 0 Å². The molecule has 1 aromatic carbocycles. The van der Waals surface area contributed by atoms with Gasteiger partial charge in [0.1, 0.15) is 0 Å². The number of morpholine rings is 1. The first-order valence-corrected chi connectivity index (χ1v) is 6.20. The molecule has 1 saturated heterocycles. The molecule has 1 fully saturated rings. The number of nitrogens with one attached hydrogen (secondary N) is 1. The third-order valence-electron chi connectivity index (χ3n) is 3.32. The average Bonchev–Trinajstić information content (AvgIpc) is 2.74. The molecule has 0 aliphatic carbocycles. The lowest BCUT2D eigenvalue weighted by molar-refractivity contribution is -0.00520. The monoisotopic (exact) mass is 230 g/mol. The summed E-state index contributed by atoms with van der Waals surface area (Å²) in [6, 6.07) is 8.70. The van der Waals surface area contributed by atoms with E-state index in [1.165, 1.54) is 16.6 Å². The topological polar surface area (TPSA) is 28.3 Å². The summed E-state index contributed by atoms with van der Waals surface area (Å²) >= 11 is 0. The molecule has 3 nitrogen and oxygen atoms in total. The number of hydrogen-bond acceptors (Lipinski definition) is 2. The molecule has 1 N–H and O–H groups in total. The zero-order valence-electron chi connectivity index (χ0n) is 10.3. The zero-order valence-corrected chi connectivity index (χ0v) is 10.3. The molecule has 17 heavy (non-hydrogen) atoms. The Bertz CT molecular complexity index is 510. The van der Waals surface area contributed by atoms with Gasteiger partial charge in [-0.05, 0) is 38.1 Å². The smallest absolute Gasteiger partial charge is 0.0726 e. The van der Waals surface area contributed by atoms with Gasteiger partial charge in [-0.15, -0.1) is 0 Å². The van der Waals surface area contributed by atoms with Crippen molar-refractivity contribution >= 4 is 16.6 Å². The maximum atomic E-state index is 5.76. The van der Waals surface area contributed by atoms with Crippen LogP contribution in [0.3, 0.4) is 0 Å². The number of aromatic amines is 1. The summed E-state index contributed by atoms with van der Waals surface area (Å²) in [4.78, 5) is 5.63. The summed E-state index contributed by atoms with van der Waals surface area (Å²) in [6.45, 7) is 6.22. The lowest BCUT2D eigenvalue weighted by atomic mass is 10.1. The van der Waals surface area contributed by atoms with Crippen LogP contribution < -0.4 is 4.90 Å². The number of hydrogen-bond donors (Lipinski definition) is 1. The van der Waals surface area contributed by atoms with Gasteiger partial charge in [-0.1, -0.05) is 0 Å². The van der Waals surface area contributed by atoms with E-state index in [-0.39, 0.29) is 0 Å². The van der Waals surface area contributed by atoms with Crippen molar-refractivity contribution in [1.82, 2.24) is 4.98 Å². The van der Waals surface area contributed by atoms with E-state index in [9.17, 15) is 0 Å². The second-order valence-corrected chi connectivity index (χ2v) is 4.91. The van der Waals surface area contributed by atoms with Crippen LogP contribution in [0.1, 0.15) is 13.8 Å². The van der Waals surface area contributed by atoms with Crippen LogP contribution in [0.15, 0.2) is 30.5 Å². The fourth-order valence-corrected chi connectivity index (χ4v) is 2.63. The van der Waals surface area contributed by atoms with E-state index in [0.717, 1.165) is 13.1 Å². The van der Waals surface area contributed by atoms with Gasteiger partial charge in [0.25, 0.3) is 0 Å². The molecule has 1 aliphatic rings. The molecule has 90 valence electrons. The van der Waals surface area contributed by atoms with E-state index >= 15 is 0 Å². The molecule has 3 heteroatoms. The second-order valence-electron chi connectivity index (χ2n) is 4.91. The van der Waals surface area contributed by atoms with Gasteiger partial charge < -0.3 is 14.6 Å². The standard InChI is InChI=1S/C14H18N2O/c1-10-8-16(9-11(2)17-10)13-3-4-14-12(7-13)5-6-15-14/h3-7,10-11,15H,8-9H2,1-2H3. The summed E-state index contributed by atoms with van der Waals surface area (Å²) in [7, 11) is 0. The lowest BCUT2D eigenvalue weighted by Gasteiger charge is -2.36. The van der Waals surface area contributed by atoms with Crippen molar-refractivity contribution in [2.24, 2.45) is 0 Å². The number of anilines is 1. The van der Waals surface area contributed by atoms with Crippen LogP contribution in [-0.4, -0.2) is 30.3 Å². The van der Waals surface area contributed by atoms with Crippen molar-refractivity contribution in [3.05, 3.63) is 30.5 Å². The highest BCUT2D eigenvalue weighted by molar-refractivity contribution is 5.83. The number of H-pyrrole nitrogens is 1. The molecule has 2 aromatic rings. The highest BCUT2D eigenvalue weighted by Crippen LogP contribution is 2.24. The Kier molecular flexibility index (Phi) is 2.56. The highest BCUT2D eigenvalue weighted by atomic mass is 16.5. The first kappa shape index (κ1) is 10.7. The number of ether oxygens (including phenoxy) is 1. The molecule has 1 aromatic heterocycles. The molecule has 0 radical (unpaired) electrons. The van der Waals surface area contributed by atoms with E-state index < -0.39 is 0 Å². The quantitative estimate of drug-likeness (QED) is 0.816. The largest absolute Gasteiger partial charge is 0.372 e. The number of rotatable bonds is 1. The third kappa shape index (κ3) is 2.03. The van der Waals surface area contributed by atoms with Crippen molar-refractivity contribution in [3.63, 3.8) is 0 Å². The molecule has 0 amide bonds. The van der Waals surface area contributed by atoms with Gasteiger partial charge in [-0.25, -0.2) is 0 Å². The number of aromatic nitrogens is 1. The third-order valence-corrected chi connectivity index (χ3v) is 3.32. The van der Waals surface area contributed by atoms with Crippen molar-refractivity contribution in [3.8, 4) is 0 Å². The zero-order chi connectivity index (χ0) is 11.8. The van der Waals surface area contributed by atoms with Crippen LogP contribution in [0.5, 0.6) is 0 Å². The first-order valence-electron chi connectivity index (χ1n) is 6.20. The predicted molar refractivity (Wildman–Crippen MR) is 70.5 cm³/mol. The van der Waals surface area contributed by atoms with Crippen LogP contribution in [0, 0.1) is 0 Å². The molecular weight excluding hydrogens is 212 g/mol. The van der Waals surface area contributed by atoms with Crippen molar-refractivity contribution in [2.45, 2.75) is 26.1 Å². The van der Waals surface area contributed by atoms with Gasteiger partial charge >= 0.3 is 0 Å². The summed E-state index contributed by atoms with van der Waals surface area (Å²) in [5.74, 6) is 0. The normalized spacial score (nSPS) is 25.4. The van der Waals surface area contributed by atoms with E-state index in [4.69, 9.17) is 4.74 Å². The van der Waals surface area contributed by atoms with Gasteiger partial charge in [0, 0.05) is 35.9 Å². The van der Waals surface area contributed by atoms with Gasteiger partial charge in [0.15, 0.2) is 0 Å². The molecule has 0 saturated carbocycles. The van der Waals surface area contributed by atoms with Crippen LogP contribution in [-0.2, 0) is 4.74 Å². The van der Waals surface area contributed by atoms with Gasteiger partial charge in [-0.3, -0.25) is 0 Å². The van der Waals surface area contributed by atoms with Gasteiger partial charge in [-0.2, -0.15) is 0 Å². The van der Waals surface area contributed by atoms with Crippen molar-refractivity contribution in [1.29, 1.82) is 0 Å². The maximum Gasteiger partial charge on any atom is 0.0726 e.